The van der Waals surface area contributed by atoms with Crippen LogP contribution in [-0.4, -0.2) is 9.97 Å². The van der Waals surface area contributed by atoms with Gasteiger partial charge in [-0.25, -0.2) is 0 Å². The highest BCUT2D eigenvalue weighted by Gasteiger charge is 2.32. The second kappa shape index (κ2) is 3.72. The monoisotopic (exact) mass is 250 g/mol. The number of pyridine rings is 2. The van der Waals surface area contributed by atoms with Crippen molar-refractivity contribution in [3.8, 4) is 11.4 Å². The maximum atomic E-state index is 6.33. The Hall–Kier alpha value is -1.12. The zero-order chi connectivity index (χ0) is 11.1. The first-order chi connectivity index (χ1) is 7.79. The van der Waals surface area contributed by atoms with Crippen LogP contribution in [-0.2, 0) is 0 Å². The van der Waals surface area contributed by atoms with Crippen LogP contribution < -0.4 is 0 Å². The van der Waals surface area contributed by atoms with Crippen LogP contribution in [0.5, 0.6) is 0 Å². The van der Waals surface area contributed by atoms with Crippen LogP contribution in [0.4, 0.5) is 0 Å². The van der Waals surface area contributed by atoms with Crippen molar-refractivity contribution in [1.82, 2.24) is 9.97 Å². The SMILES string of the molecule is Cl[C@@H]1c2cccnc2-c2ncccc2[C@H]1Cl. The van der Waals surface area contributed by atoms with Crippen LogP contribution >= 0.6 is 23.2 Å². The van der Waals surface area contributed by atoms with E-state index < -0.39 is 0 Å². The van der Waals surface area contributed by atoms with Crippen LogP contribution in [0.3, 0.4) is 0 Å². The Bertz CT molecular complexity index is 493. The average molecular weight is 251 g/mol. The van der Waals surface area contributed by atoms with E-state index in [0.29, 0.717) is 0 Å². The zero-order valence-corrected chi connectivity index (χ0v) is 9.78. The van der Waals surface area contributed by atoms with E-state index >= 15 is 0 Å². The molecule has 2 aromatic rings. The van der Waals surface area contributed by atoms with Gasteiger partial charge in [0.1, 0.15) is 0 Å². The fraction of sp³-hybridized carbons (Fsp3) is 0.167. The van der Waals surface area contributed by atoms with Gasteiger partial charge in [0, 0.05) is 12.4 Å². The predicted octanol–water partition coefficient (Wildman–Crippen LogP) is 3.72. The summed E-state index contributed by atoms with van der Waals surface area (Å²) in [5.74, 6) is 0. The van der Waals surface area contributed by atoms with Crippen molar-refractivity contribution in [2.45, 2.75) is 10.8 Å². The molecule has 0 N–H and O–H groups in total. The number of aromatic nitrogens is 2. The minimum atomic E-state index is -0.248. The minimum absolute atomic E-state index is 0.248. The molecule has 0 aromatic carbocycles. The molecule has 80 valence electrons. The smallest absolute Gasteiger partial charge is 0.0937 e. The molecule has 0 spiro atoms. The van der Waals surface area contributed by atoms with Crippen LogP contribution in [0, 0.1) is 0 Å². The molecular formula is C12H8Cl2N2. The quantitative estimate of drug-likeness (QED) is 0.667. The van der Waals surface area contributed by atoms with Crippen molar-refractivity contribution >= 4 is 23.2 Å². The predicted molar refractivity (Wildman–Crippen MR) is 64.7 cm³/mol. The highest BCUT2D eigenvalue weighted by atomic mass is 35.5. The van der Waals surface area contributed by atoms with E-state index in [1.165, 1.54) is 0 Å². The lowest BCUT2D eigenvalue weighted by atomic mass is 9.92. The normalized spacial score (nSPS) is 22.4. The Balaban J connectivity index is 2.33. The largest absolute Gasteiger partial charge is 0.254 e. The molecule has 2 nitrogen and oxygen atoms in total. The third kappa shape index (κ3) is 1.34. The third-order valence-corrected chi connectivity index (χ3v) is 3.86. The van der Waals surface area contributed by atoms with Crippen LogP contribution in [0.25, 0.3) is 11.4 Å². The summed E-state index contributed by atoms with van der Waals surface area (Å²) in [4.78, 5) is 8.68. The number of rotatable bonds is 0. The summed E-state index contributed by atoms with van der Waals surface area (Å²) in [6.07, 6.45) is 3.49. The average Bonchev–Trinajstić information content (AvgIpc) is 2.36. The topological polar surface area (TPSA) is 25.8 Å². The summed E-state index contributed by atoms with van der Waals surface area (Å²) < 4.78 is 0. The van der Waals surface area contributed by atoms with Crippen molar-refractivity contribution < 1.29 is 0 Å². The number of nitrogens with zero attached hydrogens (tertiary/aromatic N) is 2. The molecule has 0 fully saturated rings. The lowest BCUT2D eigenvalue weighted by molar-refractivity contribution is 0.846. The van der Waals surface area contributed by atoms with E-state index in [2.05, 4.69) is 9.97 Å². The molecule has 1 aliphatic carbocycles. The molecule has 2 heterocycles. The maximum Gasteiger partial charge on any atom is 0.0937 e. The molecular weight excluding hydrogens is 243 g/mol. The second-order valence-corrected chi connectivity index (χ2v) is 4.63. The van der Waals surface area contributed by atoms with Crippen LogP contribution in [0.1, 0.15) is 21.9 Å². The Morgan fingerprint density at radius 3 is 1.69 bits per heavy atom. The van der Waals surface area contributed by atoms with Gasteiger partial charge in [0.05, 0.1) is 22.1 Å². The number of hydrogen-bond donors (Lipinski definition) is 0. The van der Waals surface area contributed by atoms with Crippen LogP contribution in [0.2, 0.25) is 0 Å². The van der Waals surface area contributed by atoms with E-state index in [-0.39, 0.29) is 10.8 Å². The number of fused-ring (bicyclic) bond motifs is 3. The molecule has 2 atom stereocenters. The van der Waals surface area contributed by atoms with Gasteiger partial charge in [-0.3, -0.25) is 9.97 Å². The molecule has 0 bridgehead atoms. The van der Waals surface area contributed by atoms with Crippen molar-refractivity contribution in [1.29, 1.82) is 0 Å². The molecule has 0 unspecified atom stereocenters. The molecule has 0 saturated heterocycles. The molecule has 0 aliphatic heterocycles. The second-order valence-electron chi connectivity index (χ2n) is 3.69. The van der Waals surface area contributed by atoms with Gasteiger partial charge in [-0.1, -0.05) is 12.1 Å². The van der Waals surface area contributed by atoms with Crippen molar-refractivity contribution in [2.75, 3.05) is 0 Å². The van der Waals surface area contributed by atoms with Gasteiger partial charge in [-0.2, -0.15) is 0 Å². The Morgan fingerprint density at radius 1 is 0.812 bits per heavy atom. The zero-order valence-electron chi connectivity index (χ0n) is 8.27. The van der Waals surface area contributed by atoms with Crippen molar-refractivity contribution in [3.63, 3.8) is 0 Å². The summed E-state index contributed by atoms with van der Waals surface area (Å²) >= 11 is 12.7. The lowest BCUT2D eigenvalue weighted by Gasteiger charge is -2.26. The fourth-order valence-corrected chi connectivity index (χ4v) is 2.62. The van der Waals surface area contributed by atoms with E-state index in [4.69, 9.17) is 23.2 Å². The molecule has 0 radical (unpaired) electrons. The Kier molecular flexibility index (Phi) is 2.34. The summed E-state index contributed by atoms with van der Waals surface area (Å²) in [5, 5.41) is -0.496. The molecule has 2 aromatic heterocycles. The molecule has 0 saturated carbocycles. The highest BCUT2D eigenvalue weighted by molar-refractivity contribution is 6.31. The van der Waals surface area contributed by atoms with Gasteiger partial charge in [0.15, 0.2) is 0 Å². The Morgan fingerprint density at radius 2 is 1.25 bits per heavy atom. The van der Waals surface area contributed by atoms with Crippen LogP contribution in [0.15, 0.2) is 36.7 Å². The number of halogens is 2. The summed E-state index contributed by atoms with van der Waals surface area (Å²) in [6.45, 7) is 0. The first-order valence-electron chi connectivity index (χ1n) is 4.97. The summed E-state index contributed by atoms with van der Waals surface area (Å²) in [5.41, 5.74) is 3.59. The van der Waals surface area contributed by atoms with Gasteiger partial charge >= 0.3 is 0 Å². The molecule has 4 heteroatoms. The lowest BCUT2D eigenvalue weighted by Crippen LogP contribution is -2.12. The summed E-state index contributed by atoms with van der Waals surface area (Å²) in [7, 11) is 0. The van der Waals surface area contributed by atoms with Crippen molar-refractivity contribution in [3.05, 3.63) is 47.8 Å². The maximum absolute atomic E-state index is 6.33. The van der Waals surface area contributed by atoms with Gasteiger partial charge in [-0.05, 0) is 23.3 Å². The third-order valence-electron chi connectivity index (χ3n) is 2.75. The fourth-order valence-electron chi connectivity index (χ4n) is 1.99. The summed E-state index contributed by atoms with van der Waals surface area (Å²) in [6, 6.07) is 7.64. The molecule has 0 amide bonds. The van der Waals surface area contributed by atoms with E-state index in [9.17, 15) is 0 Å². The Labute approximate surface area is 103 Å². The van der Waals surface area contributed by atoms with E-state index in [1.807, 2.05) is 24.3 Å². The molecule has 16 heavy (non-hydrogen) atoms. The minimum Gasteiger partial charge on any atom is -0.254 e. The van der Waals surface area contributed by atoms with Crippen molar-refractivity contribution in [2.24, 2.45) is 0 Å². The van der Waals surface area contributed by atoms with Gasteiger partial charge in [0.25, 0.3) is 0 Å². The number of hydrogen-bond acceptors (Lipinski definition) is 2. The van der Waals surface area contributed by atoms with E-state index in [0.717, 1.165) is 22.5 Å². The standard InChI is InChI=1S/C12H8Cl2N2/c13-9-7-3-1-5-15-11(7)12-8(10(9)14)4-2-6-16-12/h1-6,9-10H/t9-,10-/m1/s1. The number of alkyl halides is 2. The first-order valence-corrected chi connectivity index (χ1v) is 5.84. The molecule has 3 rings (SSSR count). The first kappa shape index (κ1) is 10.1. The molecule has 1 aliphatic rings. The van der Waals surface area contributed by atoms with E-state index in [1.54, 1.807) is 12.4 Å². The van der Waals surface area contributed by atoms with Gasteiger partial charge in [0.2, 0.25) is 0 Å². The van der Waals surface area contributed by atoms with Gasteiger partial charge in [-0.15, -0.1) is 23.2 Å². The highest BCUT2D eigenvalue weighted by Crippen LogP contribution is 2.48. The van der Waals surface area contributed by atoms with Gasteiger partial charge < -0.3 is 0 Å².